The smallest absolute Gasteiger partial charge is 0.340 e. The summed E-state index contributed by atoms with van der Waals surface area (Å²) < 4.78 is 6.90. The normalized spacial score (nSPS) is 13.9. The summed E-state index contributed by atoms with van der Waals surface area (Å²) >= 11 is 0. The number of nitrogens with zero attached hydrogens (tertiary/aromatic N) is 7. The minimum Gasteiger partial charge on any atom is -0.452 e. The fourth-order valence-corrected chi connectivity index (χ4v) is 3.41. The van der Waals surface area contributed by atoms with Crippen LogP contribution in [0.2, 0.25) is 0 Å². The maximum absolute atomic E-state index is 12.4. The van der Waals surface area contributed by atoms with Crippen molar-refractivity contribution in [1.82, 2.24) is 29.6 Å². The van der Waals surface area contributed by atoms with E-state index in [0.717, 1.165) is 11.4 Å². The van der Waals surface area contributed by atoms with Crippen LogP contribution in [0.1, 0.15) is 21.7 Å². The Bertz CT molecular complexity index is 1060. The zero-order valence-electron chi connectivity index (χ0n) is 17.4. The number of piperazine rings is 1. The molecule has 1 fully saturated rings. The lowest BCUT2D eigenvalue weighted by Gasteiger charge is -2.34. The van der Waals surface area contributed by atoms with Gasteiger partial charge >= 0.3 is 5.97 Å². The molecule has 1 saturated heterocycles. The molecule has 1 aliphatic heterocycles. The van der Waals surface area contributed by atoms with Gasteiger partial charge in [-0.1, -0.05) is 0 Å². The molecule has 10 nitrogen and oxygen atoms in total. The number of carbonyl (C=O) groups is 2. The second kappa shape index (κ2) is 8.90. The summed E-state index contributed by atoms with van der Waals surface area (Å²) in [5.41, 5.74) is 2.12. The topological polar surface area (TPSA) is 106 Å². The molecule has 1 aliphatic rings. The zero-order chi connectivity index (χ0) is 21.8. The van der Waals surface area contributed by atoms with Gasteiger partial charge in [0.2, 0.25) is 5.95 Å². The van der Waals surface area contributed by atoms with Gasteiger partial charge in [0.25, 0.3) is 5.91 Å². The summed E-state index contributed by atoms with van der Waals surface area (Å²) in [6, 6.07) is 7.02. The first-order valence-electron chi connectivity index (χ1n) is 9.98. The SMILES string of the molecule is Cc1cc(C)n(-c2ccc(C(=O)OCC(=O)N3CCN(c4ncccn4)CC3)cn2)n1. The van der Waals surface area contributed by atoms with Gasteiger partial charge in [0.15, 0.2) is 12.4 Å². The van der Waals surface area contributed by atoms with Crippen LogP contribution in [0.4, 0.5) is 5.95 Å². The molecule has 4 rings (SSSR count). The summed E-state index contributed by atoms with van der Waals surface area (Å²) in [6.45, 7) is 5.83. The minimum atomic E-state index is -0.586. The number of anilines is 1. The van der Waals surface area contributed by atoms with Crippen molar-refractivity contribution in [3.05, 3.63) is 59.8 Å². The minimum absolute atomic E-state index is 0.228. The molecular formula is C21H23N7O3. The molecule has 31 heavy (non-hydrogen) atoms. The standard InChI is InChI=1S/C21H23N7O3/c1-15-12-16(2)28(25-15)18-5-4-17(13-24-18)20(30)31-14-19(29)26-8-10-27(11-9-26)21-22-6-3-7-23-21/h3-7,12-13H,8-11,14H2,1-2H3. The first-order valence-corrected chi connectivity index (χ1v) is 9.98. The lowest BCUT2D eigenvalue weighted by Crippen LogP contribution is -2.50. The average Bonchev–Trinajstić information content (AvgIpc) is 3.15. The maximum atomic E-state index is 12.4. The second-order valence-electron chi connectivity index (χ2n) is 7.24. The number of aromatic nitrogens is 5. The predicted octanol–water partition coefficient (Wildman–Crippen LogP) is 1.18. The van der Waals surface area contributed by atoms with Gasteiger partial charge in [-0.2, -0.15) is 5.10 Å². The maximum Gasteiger partial charge on any atom is 0.340 e. The molecule has 0 saturated carbocycles. The molecule has 4 heterocycles. The molecule has 0 bridgehead atoms. The van der Waals surface area contributed by atoms with Crippen molar-refractivity contribution in [2.45, 2.75) is 13.8 Å². The highest BCUT2D eigenvalue weighted by Crippen LogP contribution is 2.12. The largest absolute Gasteiger partial charge is 0.452 e. The summed E-state index contributed by atoms with van der Waals surface area (Å²) in [5.74, 6) is 0.447. The number of esters is 1. The van der Waals surface area contributed by atoms with Gasteiger partial charge in [-0.15, -0.1) is 0 Å². The van der Waals surface area contributed by atoms with E-state index in [1.807, 2.05) is 24.8 Å². The van der Waals surface area contributed by atoms with Gasteiger partial charge in [0.05, 0.1) is 11.3 Å². The Morgan fingerprint density at radius 3 is 2.39 bits per heavy atom. The van der Waals surface area contributed by atoms with Gasteiger partial charge in [0.1, 0.15) is 0 Å². The van der Waals surface area contributed by atoms with Gasteiger partial charge < -0.3 is 14.5 Å². The fourth-order valence-electron chi connectivity index (χ4n) is 3.41. The number of pyridine rings is 1. The number of hydrogen-bond acceptors (Lipinski definition) is 8. The van der Waals surface area contributed by atoms with Crippen LogP contribution in [0, 0.1) is 13.8 Å². The van der Waals surface area contributed by atoms with E-state index in [1.165, 1.54) is 6.20 Å². The zero-order valence-corrected chi connectivity index (χ0v) is 17.4. The van der Waals surface area contributed by atoms with Crippen molar-refractivity contribution in [1.29, 1.82) is 0 Å². The van der Waals surface area contributed by atoms with E-state index in [-0.39, 0.29) is 18.1 Å². The molecule has 0 unspecified atom stereocenters. The second-order valence-corrected chi connectivity index (χ2v) is 7.24. The Hall–Kier alpha value is -3.82. The highest BCUT2D eigenvalue weighted by Gasteiger charge is 2.23. The summed E-state index contributed by atoms with van der Waals surface area (Å²) in [4.78, 5) is 41.2. The average molecular weight is 421 g/mol. The molecule has 3 aromatic heterocycles. The van der Waals surface area contributed by atoms with E-state index in [2.05, 4.69) is 20.1 Å². The highest BCUT2D eigenvalue weighted by molar-refractivity contribution is 5.91. The monoisotopic (exact) mass is 421 g/mol. The van der Waals surface area contributed by atoms with Crippen LogP contribution in [0.5, 0.6) is 0 Å². The van der Waals surface area contributed by atoms with Crippen molar-refractivity contribution < 1.29 is 14.3 Å². The highest BCUT2D eigenvalue weighted by atomic mass is 16.5. The molecule has 0 spiro atoms. The van der Waals surface area contributed by atoms with Crippen LogP contribution in [0.25, 0.3) is 5.82 Å². The van der Waals surface area contributed by atoms with Crippen LogP contribution in [-0.4, -0.2) is 74.3 Å². The Kier molecular flexibility index (Phi) is 5.87. The first kappa shape index (κ1) is 20.5. The third kappa shape index (κ3) is 4.68. The van der Waals surface area contributed by atoms with Gasteiger partial charge in [-0.3, -0.25) is 4.79 Å². The van der Waals surface area contributed by atoms with Crippen LogP contribution in [0.15, 0.2) is 42.9 Å². The number of ether oxygens (including phenoxy) is 1. The third-order valence-electron chi connectivity index (χ3n) is 5.00. The number of hydrogen-bond donors (Lipinski definition) is 0. The van der Waals surface area contributed by atoms with Crippen molar-refractivity contribution in [2.75, 3.05) is 37.7 Å². The van der Waals surface area contributed by atoms with Gasteiger partial charge in [0, 0.05) is 50.5 Å². The molecule has 0 N–H and O–H groups in total. The Morgan fingerprint density at radius 2 is 1.77 bits per heavy atom. The molecule has 0 atom stereocenters. The van der Waals surface area contributed by atoms with E-state index in [9.17, 15) is 9.59 Å². The van der Waals surface area contributed by atoms with Crippen molar-refractivity contribution >= 4 is 17.8 Å². The Morgan fingerprint density at radius 1 is 1.03 bits per heavy atom. The number of aryl methyl sites for hydroxylation is 2. The predicted molar refractivity (Wildman–Crippen MR) is 112 cm³/mol. The Labute approximate surface area is 179 Å². The van der Waals surface area contributed by atoms with E-state index < -0.39 is 5.97 Å². The lowest BCUT2D eigenvalue weighted by molar-refractivity contribution is -0.134. The van der Waals surface area contributed by atoms with Crippen LogP contribution < -0.4 is 4.90 Å². The van der Waals surface area contributed by atoms with Crippen molar-refractivity contribution in [2.24, 2.45) is 0 Å². The summed E-state index contributed by atoms with van der Waals surface area (Å²) in [5, 5.41) is 4.37. The molecule has 1 amide bonds. The third-order valence-corrected chi connectivity index (χ3v) is 5.00. The molecular weight excluding hydrogens is 398 g/mol. The summed E-state index contributed by atoms with van der Waals surface area (Å²) in [7, 11) is 0. The number of carbonyl (C=O) groups excluding carboxylic acids is 2. The molecule has 10 heteroatoms. The van der Waals surface area contributed by atoms with Crippen molar-refractivity contribution in [3.63, 3.8) is 0 Å². The van der Waals surface area contributed by atoms with Crippen molar-refractivity contribution in [3.8, 4) is 5.82 Å². The van der Waals surface area contributed by atoms with E-state index in [0.29, 0.717) is 37.9 Å². The number of rotatable bonds is 5. The molecule has 160 valence electrons. The quantitative estimate of drug-likeness (QED) is 0.566. The van der Waals surface area contributed by atoms with E-state index in [1.54, 1.807) is 40.2 Å². The van der Waals surface area contributed by atoms with Crippen LogP contribution >= 0.6 is 0 Å². The lowest BCUT2D eigenvalue weighted by atomic mass is 10.3. The van der Waals surface area contributed by atoms with Crippen LogP contribution in [0.3, 0.4) is 0 Å². The first-order chi connectivity index (χ1) is 15.0. The van der Waals surface area contributed by atoms with E-state index >= 15 is 0 Å². The molecule has 0 aromatic carbocycles. The molecule has 0 aliphatic carbocycles. The molecule has 3 aromatic rings. The number of amides is 1. The van der Waals surface area contributed by atoms with E-state index in [4.69, 9.17) is 4.74 Å². The van der Waals surface area contributed by atoms with Gasteiger partial charge in [-0.25, -0.2) is 24.4 Å². The van der Waals surface area contributed by atoms with Crippen LogP contribution in [-0.2, 0) is 9.53 Å². The summed E-state index contributed by atoms with van der Waals surface area (Å²) in [6.07, 6.45) is 4.81. The van der Waals surface area contributed by atoms with Gasteiger partial charge in [-0.05, 0) is 38.1 Å². The Balaban J connectivity index is 1.28. The fraction of sp³-hybridized carbons (Fsp3) is 0.333. The molecule has 0 radical (unpaired) electrons.